The minimum absolute atomic E-state index is 0.119. The van der Waals surface area contributed by atoms with Gasteiger partial charge in [0.25, 0.3) is 0 Å². The van der Waals surface area contributed by atoms with E-state index in [0.29, 0.717) is 0 Å². The molecular weight excluding hydrogens is 307 g/mol. The number of aliphatic carboxylic acids is 1. The molecular formula is C10H16IN2O2-. The van der Waals surface area contributed by atoms with Crippen LogP contribution in [0.5, 0.6) is 0 Å². The summed E-state index contributed by atoms with van der Waals surface area (Å²) in [5.74, 6) is 0.139. The van der Waals surface area contributed by atoms with Gasteiger partial charge in [-0.2, -0.15) is 0 Å². The van der Waals surface area contributed by atoms with Crippen LogP contribution in [0, 0.1) is 11.8 Å². The van der Waals surface area contributed by atoms with Gasteiger partial charge in [-0.05, 0) is 0 Å². The van der Waals surface area contributed by atoms with Crippen LogP contribution in [0.3, 0.4) is 0 Å². The summed E-state index contributed by atoms with van der Waals surface area (Å²) in [6.07, 6.45) is 4.63. The van der Waals surface area contributed by atoms with E-state index in [2.05, 4.69) is 3.64 Å². The van der Waals surface area contributed by atoms with Crippen LogP contribution < -0.4 is 25.1 Å². The van der Waals surface area contributed by atoms with Gasteiger partial charge in [-0.1, -0.05) is 0 Å². The number of nitrogens with one attached hydrogen (secondary N) is 1. The van der Waals surface area contributed by atoms with E-state index in [9.17, 15) is 4.79 Å². The summed E-state index contributed by atoms with van der Waals surface area (Å²) in [6, 6.07) is -0.430. The third-order valence-corrected chi connectivity index (χ3v) is 5.24. The molecule has 1 aliphatic carbocycles. The Morgan fingerprint density at radius 2 is 2.33 bits per heavy atom. The Bertz CT molecular complexity index is 300. The molecule has 1 atom stereocenters. The summed E-state index contributed by atoms with van der Waals surface area (Å²) < 4.78 is 4.73. The Hall–Kier alpha value is -0.300. The van der Waals surface area contributed by atoms with Gasteiger partial charge in [0.05, 0.1) is 0 Å². The molecule has 0 radical (unpaired) electrons. The van der Waals surface area contributed by atoms with Crippen LogP contribution in [0.2, 0.25) is 0 Å². The molecule has 1 aliphatic heterocycles. The molecule has 0 bridgehead atoms. The zero-order chi connectivity index (χ0) is 11.0. The molecule has 1 fully saturated rings. The second kappa shape index (κ2) is 4.29. The van der Waals surface area contributed by atoms with Crippen LogP contribution in [-0.2, 0) is 4.79 Å². The molecule has 2 N–H and O–H groups in total. The Morgan fingerprint density at radius 3 is 2.80 bits per heavy atom. The first-order valence-corrected chi connectivity index (χ1v) is 7.37. The summed E-state index contributed by atoms with van der Waals surface area (Å²) in [5.41, 5.74) is 0. The van der Waals surface area contributed by atoms with Crippen molar-refractivity contribution in [1.29, 1.82) is 0 Å². The van der Waals surface area contributed by atoms with E-state index in [4.69, 9.17) is 5.11 Å². The number of allylic oxidation sites excluding steroid dienone is 1. The normalized spacial score (nSPS) is 23.7. The number of carbonyl (C=O) groups is 1. The standard InChI is InChI=1S/C10H16IN2O2/c1-6(2)9(10(14)15)13-5-8(11-12-13)7-3-4-7/h5-7,9,12H,3-4H2,1-2H3,(H,14,15)/q-1/t9-/m0/s1. The maximum absolute atomic E-state index is 11.1. The second-order valence-electron chi connectivity index (χ2n) is 4.40. The van der Waals surface area contributed by atoms with E-state index < -0.39 is 12.0 Å². The van der Waals surface area contributed by atoms with Crippen LogP contribution in [0.25, 0.3) is 0 Å². The number of hydrogen-bond donors (Lipinski definition) is 2. The first-order valence-electron chi connectivity index (χ1n) is 5.22. The number of rotatable bonds is 4. The Balaban J connectivity index is 2.06. The zero-order valence-electron chi connectivity index (χ0n) is 8.90. The number of carboxylic acid groups (broad SMARTS) is 1. The van der Waals surface area contributed by atoms with Crippen molar-refractivity contribution in [3.63, 3.8) is 0 Å². The van der Waals surface area contributed by atoms with E-state index in [1.807, 2.05) is 25.1 Å². The topological polar surface area (TPSA) is 52.6 Å². The van der Waals surface area contributed by atoms with E-state index in [0.717, 1.165) is 5.92 Å². The fourth-order valence-corrected chi connectivity index (χ4v) is 4.18. The van der Waals surface area contributed by atoms with Crippen molar-refractivity contribution < 1.29 is 31.4 Å². The summed E-state index contributed by atoms with van der Waals surface area (Å²) >= 11 is -0.153. The Kier molecular flexibility index (Phi) is 3.20. The molecule has 1 heterocycles. The number of hydrazine groups is 1. The molecule has 0 amide bonds. The van der Waals surface area contributed by atoms with Gasteiger partial charge in [0.15, 0.2) is 0 Å². The van der Waals surface area contributed by atoms with Crippen molar-refractivity contribution in [3.8, 4) is 0 Å². The number of carboxylic acids is 1. The first-order chi connectivity index (χ1) is 7.09. The zero-order valence-corrected chi connectivity index (χ0v) is 11.1. The molecule has 0 saturated heterocycles. The first kappa shape index (κ1) is 11.2. The van der Waals surface area contributed by atoms with Crippen LogP contribution in [0.4, 0.5) is 0 Å². The Labute approximate surface area is 100 Å². The van der Waals surface area contributed by atoms with Crippen molar-refractivity contribution in [2.24, 2.45) is 11.8 Å². The van der Waals surface area contributed by atoms with Crippen LogP contribution in [-0.4, -0.2) is 22.1 Å². The van der Waals surface area contributed by atoms with E-state index in [-0.39, 0.29) is 27.4 Å². The van der Waals surface area contributed by atoms with Gasteiger partial charge in [-0.15, -0.1) is 0 Å². The quantitative estimate of drug-likeness (QED) is 0.472. The minimum atomic E-state index is -0.741. The van der Waals surface area contributed by atoms with Gasteiger partial charge < -0.3 is 0 Å². The third kappa shape index (κ3) is 2.44. The van der Waals surface area contributed by atoms with Crippen molar-refractivity contribution in [3.05, 3.63) is 9.78 Å². The van der Waals surface area contributed by atoms with Crippen LogP contribution in [0.1, 0.15) is 26.7 Å². The van der Waals surface area contributed by atoms with Gasteiger partial charge in [0.1, 0.15) is 0 Å². The molecule has 86 valence electrons. The van der Waals surface area contributed by atoms with Crippen molar-refractivity contribution in [2.75, 3.05) is 0 Å². The molecule has 4 nitrogen and oxygen atoms in total. The summed E-state index contributed by atoms with van der Waals surface area (Å²) in [7, 11) is 0. The summed E-state index contributed by atoms with van der Waals surface area (Å²) in [6.45, 7) is 3.89. The monoisotopic (exact) mass is 323 g/mol. The average Bonchev–Trinajstić information content (AvgIpc) is 2.87. The van der Waals surface area contributed by atoms with Gasteiger partial charge in [-0.25, -0.2) is 0 Å². The van der Waals surface area contributed by atoms with Crippen molar-refractivity contribution in [1.82, 2.24) is 8.65 Å². The van der Waals surface area contributed by atoms with Crippen molar-refractivity contribution >= 4 is 5.97 Å². The third-order valence-electron chi connectivity index (χ3n) is 2.66. The molecule has 2 aliphatic rings. The second-order valence-corrected chi connectivity index (χ2v) is 6.67. The molecule has 5 heteroatoms. The fraction of sp³-hybridized carbons (Fsp3) is 0.700. The predicted molar refractivity (Wildman–Crippen MR) is 52.0 cm³/mol. The molecule has 2 rings (SSSR count). The average molecular weight is 323 g/mol. The van der Waals surface area contributed by atoms with Gasteiger partial charge >= 0.3 is 100 Å². The molecule has 0 spiro atoms. The Morgan fingerprint density at radius 1 is 1.67 bits per heavy atom. The fourth-order valence-electron chi connectivity index (χ4n) is 1.68. The summed E-state index contributed by atoms with van der Waals surface area (Å²) in [5, 5.41) is 11.0. The van der Waals surface area contributed by atoms with Gasteiger partial charge in [-0.3, -0.25) is 0 Å². The molecule has 1 saturated carbocycles. The van der Waals surface area contributed by atoms with E-state index in [1.54, 1.807) is 0 Å². The van der Waals surface area contributed by atoms with Gasteiger partial charge in [0.2, 0.25) is 0 Å². The van der Waals surface area contributed by atoms with Gasteiger partial charge in [0, 0.05) is 0 Å². The van der Waals surface area contributed by atoms with E-state index >= 15 is 0 Å². The molecule has 0 aromatic heterocycles. The molecule has 0 aromatic carbocycles. The predicted octanol–water partition coefficient (Wildman–Crippen LogP) is -1.83. The number of halogens is 1. The van der Waals surface area contributed by atoms with Crippen LogP contribution >= 0.6 is 0 Å². The molecule has 15 heavy (non-hydrogen) atoms. The molecule has 0 unspecified atom stereocenters. The summed E-state index contributed by atoms with van der Waals surface area (Å²) in [4.78, 5) is 11.1. The number of hydrogen-bond acceptors (Lipinski definition) is 3. The number of nitrogens with zero attached hydrogens (tertiary/aromatic N) is 1. The van der Waals surface area contributed by atoms with Crippen molar-refractivity contribution in [2.45, 2.75) is 32.7 Å². The van der Waals surface area contributed by atoms with Crippen LogP contribution in [0.15, 0.2) is 9.78 Å². The molecule has 0 aromatic rings. The maximum atomic E-state index is 11.1. The van der Waals surface area contributed by atoms with E-state index in [1.165, 1.54) is 16.4 Å². The SMILES string of the molecule is CC(C)[C@@H](C(=O)O)N1C=C(C2CC2)[I-]N1.